The zero-order chi connectivity index (χ0) is 15.7. The SMILES string of the molecule is O=C(c1nnc(-c2ccccc2)o1)N1CCC2(CC1)OCCO2. The van der Waals surface area contributed by atoms with Crippen LogP contribution in [0.5, 0.6) is 0 Å². The van der Waals surface area contributed by atoms with E-state index in [1.807, 2.05) is 30.3 Å². The van der Waals surface area contributed by atoms with Crippen LogP contribution in [0.15, 0.2) is 34.7 Å². The third kappa shape index (κ3) is 2.73. The maximum absolute atomic E-state index is 12.5. The minimum absolute atomic E-state index is 0.0214. The topological polar surface area (TPSA) is 77.7 Å². The van der Waals surface area contributed by atoms with Crippen LogP contribution in [0.3, 0.4) is 0 Å². The van der Waals surface area contributed by atoms with E-state index in [0.29, 0.717) is 45.0 Å². The molecule has 0 radical (unpaired) electrons. The highest BCUT2D eigenvalue weighted by atomic mass is 16.7. The fraction of sp³-hybridized carbons (Fsp3) is 0.438. The summed E-state index contributed by atoms with van der Waals surface area (Å²) in [7, 11) is 0. The van der Waals surface area contributed by atoms with Crippen molar-refractivity contribution < 1.29 is 18.7 Å². The predicted molar refractivity (Wildman–Crippen MR) is 79.5 cm³/mol. The lowest BCUT2D eigenvalue weighted by Crippen LogP contribution is -2.47. The summed E-state index contributed by atoms with van der Waals surface area (Å²) in [5.41, 5.74) is 0.796. The maximum atomic E-state index is 12.5. The molecule has 1 aromatic heterocycles. The zero-order valence-electron chi connectivity index (χ0n) is 12.6. The van der Waals surface area contributed by atoms with Crippen LogP contribution in [0.4, 0.5) is 0 Å². The minimum Gasteiger partial charge on any atom is -0.412 e. The summed E-state index contributed by atoms with van der Waals surface area (Å²) in [5, 5.41) is 7.85. The minimum atomic E-state index is -0.499. The largest absolute Gasteiger partial charge is 0.412 e. The van der Waals surface area contributed by atoms with Crippen LogP contribution in [-0.4, -0.2) is 53.1 Å². The Hall–Kier alpha value is -2.25. The highest BCUT2D eigenvalue weighted by Crippen LogP contribution is 2.31. The summed E-state index contributed by atoms with van der Waals surface area (Å²) in [6.45, 7) is 2.36. The van der Waals surface area contributed by atoms with Gasteiger partial charge in [0, 0.05) is 31.5 Å². The van der Waals surface area contributed by atoms with Crippen molar-refractivity contribution in [2.24, 2.45) is 0 Å². The quantitative estimate of drug-likeness (QED) is 0.839. The number of aromatic nitrogens is 2. The molecule has 7 nitrogen and oxygen atoms in total. The first-order chi connectivity index (χ1) is 11.3. The average molecular weight is 315 g/mol. The van der Waals surface area contributed by atoms with Gasteiger partial charge < -0.3 is 18.8 Å². The Bertz CT molecular complexity index is 684. The molecule has 0 bridgehead atoms. The van der Waals surface area contributed by atoms with Gasteiger partial charge in [0.2, 0.25) is 5.89 Å². The molecule has 7 heteroatoms. The fourth-order valence-corrected chi connectivity index (χ4v) is 2.98. The van der Waals surface area contributed by atoms with Gasteiger partial charge in [0.25, 0.3) is 0 Å². The third-order valence-electron chi connectivity index (χ3n) is 4.25. The van der Waals surface area contributed by atoms with Crippen molar-refractivity contribution in [3.63, 3.8) is 0 Å². The number of likely N-dealkylation sites (tertiary alicyclic amines) is 1. The molecular formula is C16H17N3O4. The molecule has 23 heavy (non-hydrogen) atoms. The van der Waals surface area contributed by atoms with E-state index < -0.39 is 5.79 Å². The van der Waals surface area contributed by atoms with Crippen LogP contribution in [0.1, 0.15) is 23.5 Å². The molecule has 3 heterocycles. The normalized spacial score (nSPS) is 20.1. The van der Waals surface area contributed by atoms with E-state index in [1.165, 1.54) is 0 Å². The number of hydrogen-bond donors (Lipinski definition) is 0. The molecule has 0 unspecified atom stereocenters. The highest BCUT2D eigenvalue weighted by molar-refractivity contribution is 5.89. The summed E-state index contributed by atoms with van der Waals surface area (Å²) in [4.78, 5) is 14.2. The zero-order valence-corrected chi connectivity index (χ0v) is 12.6. The number of ether oxygens (including phenoxy) is 2. The highest BCUT2D eigenvalue weighted by Gasteiger charge is 2.41. The van der Waals surface area contributed by atoms with E-state index in [1.54, 1.807) is 4.90 Å². The van der Waals surface area contributed by atoms with Crippen LogP contribution < -0.4 is 0 Å². The molecule has 1 amide bonds. The van der Waals surface area contributed by atoms with Gasteiger partial charge in [-0.15, -0.1) is 10.2 Å². The van der Waals surface area contributed by atoms with Crippen LogP contribution in [0.25, 0.3) is 11.5 Å². The third-order valence-corrected chi connectivity index (χ3v) is 4.25. The summed E-state index contributed by atoms with van der Waals surface area (Å²) in [5.74, 6) is -0.369. The molecule has 0 aliphatic carbocycles. The molecule has 1 aromatic carbocycles. The van der Waals surface area contributed by atoms with Crippen molar-refractivity contribution in [2.45, 2.75) is 18.6 Å². The van der Waals surface area contributed by atoms with Gasteiger partial charge in [-0.25, -0.2) is 0 Å². The molecule has 2 aromatic rings. The molecule has 120 valence electrons. The second-order valence-corrected chi connectivity index (χ2v) is 5.68. The smallest absolute Gasteiger partial charge is 0.311 e. The van der Waals surface area contributed by atoms with Gasteiger partial charge in [-0.2, -0.15) is 0 Å². The number of nitrogens with zero attached hydrogens (tertiary/aromatic N) is 3. The van der Waals surface area contributed by atoms with Crippen molar-refractivity contribution in [2.75, 3.05) is 26.3 Å². The van der Waals surface area contributed by atoms with E-state index in [9.17, 15) is 4.79 Å². The molecule has 2 saturated heterocycles. The second kappa shape index (κ2) is 5.75. The van der Waals surface area contributed by atoms with Crippen LogP contribution in [-0.2, 0) is 9.47 Å². The van der Waals surface area contributed by atoms with Gasteiger partial charge in [-0.1, -0.05) is 18.2 Å². The van der Waals surface area contributed by atoms with Gasteiger partial charge in [0.1, 0.15) is 0 Å². The first-order valence-corrected chi connectivity index (χ1v) is 7.72. The fourth-order valence-electron chi connectivity index (χ4n) is 2.98. The average Bonchev–Trinajstić information content (AvgIpc) is 3.26. The maximum Gasteiger partial charge on any atom is 0.311 e. The molecule has 2 aliphatic heterocycles. The molecule has 0 N–H and O–H groups in total. The number of rotatable bonds is 2. The van der Waals surface area contributed by atoms with Crippen molar-refractivity contribution >= 4 is 5.91 Å². The Morgan fingerprint density at radius 3 is 2.43 bits per heavy atom. The summed E-state index contributed by atoms with van der Waals surface area (Å²) in [6.07, 6.45) is 1.33. The number of benzene rings is 1. The Morgan fingerprint density at radius 1 is 1.04 bits per heavy atom. The Morgan fingerprint density at radius 2 is 1.74 bits per heavy atom. The predicted octanol–water partition coefficient (Wildman–Crippen LogP) is 1.72. The van der Waals surface area contributed by atoms with Crippen molar-refractivity contribution in [3.05, 3.63) is 36.2 Å². The lowest BCUT2D eigenvalue weighted by atomic mass is 10.0. The monoisotopic (exact) mass is 315 g/mol. The Kier molecular flexibility index (Phi) is 3.59. The van der Waals surface area contributed by atoms with Crippen LogP contribution >= 0.6 is 0 Å². The van der Waals surface area contributed by atoms with E-state index in [0.717, 1.165) is 5.56 Å². The van der Waals surface area contributed by atoms with Gasteiger partial charge >= 0.3 is 11.8 Å². The van der Waals surface area contributed by atoms with Crippen molar-refractivity contribution in [1.29, 1.82) is 0 Å². The van der Waals surface area contributed by atoms with E-state index >= 15 is 0 Å². The van der Waals surface area contributed by atoms with Crippen LogP contribution in [0, 0.1) is 0 Å². The second-order valence-electron chi connectivity index (χ2n) is 5.68. The van der Waals surface area contributed by atoms with Gasteiger partial charge in [0.15, 0.2) is 5.79 Å². The first-order valence-electron chi connectivity index (χ1n) is 7.72. The molecule has 0 atom stereocenters. The van der Waals surface area contributed by atoms with Gasteiger partial charge in [0.05, 0.1) is 13.2 Å². The number of piperidine rings is 1. The van der Waals surface area contributed by atoms with Crippen molar-refractivity contribution in [1.82, 2.24) is 15.1 Å². The number of amides is 1. The van der Waals surface area contributed by atoms with E-state index in [4.69, 9.17) is 13.9 Å². The van der Waals surface area contributed by atoms with Crippen LogP contribution in [0.2, 0.25) is 0 Å². The summed E-state index contributed by atoms with van der Waals surface area (Å²) < 4.78 is 16.9. The van der Waals surface area contributed by atoms with Crippen molar-refractivity contribution in [3.8, 4) is 11.5 Å². The molecule has 1 spiro atoms. The van der Waals surface area contributed by atoms with Gasteiger partial charge in [-0.05, 0) is 12.1 Å². The summed E-state index contributed by atoms with van der Waals surface area (Å²) in [6, 6.07) is 9.39. The first kappa shape index (κ1) is 14.3. The Balaban J connectivity index is 1.45. The van der Waals surface area contributed by atoms with E-state index in [-0.39, 0.29) is 11.8 Å². The van der Waals surface area contributed by atoms with Gasteiger partial charge in [-0.3, -0.25) is 4.79 Å². The molecular weight excluding hydrogens is 298 g/mol. The standard InChI is InChI=1S/C16H17N3O4/c20-15(19-8-6-16(7-9-19)21-10-11-22-16)14-18-17-13(23-14)12-4-2-1-3-5-12/h1-5H,6-11H2. The summed E-state index contributed by atoms with van der Waals surface area (Å²) >= 11 is 0. The molecule has 2 fully saturated rings. The molecule has 0 saturated carbocycles. The lowest BCUT2D eigenvalue weighted by molar-refractivity contribution is -0.181. The van der Waals surface area contributed by atoms with E-state index in [2.05, 4.69) is 10.2 Å². The molecule has 2 aliphatic rings. The number of carbonyl (C=O) groups excluding carboxylic acids is 1. The number of carbonyl (C=O) groups is 1. The molecule has 4 rings (SSSR count). The lowest BCUT2D eigenvalue weighted by Gasteiger charge is -2.36. The number of hydrogen-bond acceptors (Lipinski definition) is 6. The Labute approximate surface area is 133 Å².